The molecule has 0 radical (unpaired) electrons. The van der Waals surface area contributed by atoms with Crippen LogP contribution in [0.4, 0.5) is 0 Å². The van der Waals surface area contributed by atoms with Gasteiger partial charge in [0.1, 0.15) is 11.7 Å². The Hall–Kier alpha value is -3.48. The number of hydrogen-bond donors (Lipinski definition) is 1. The lowest BCUT2D eigenvalue weighted by Crippen LogP contribution is -2.38. The van der Waals surface area contributed by atoms with Crippen LogP contribution in [0.2, 0.25) is 0 Å². The van der Waals surface area contributed by atoms with E-state index in [1.165, 1.54) is 0 Å². The zero-order valence-corrected chi connectivity index (χ0v) is 15.2. The number of fused-ring (bicyclic) bond motifs is 1. The van der Waals surface area contributed by atoms with Gasteiger partial charge in [0, 0.05) is 5.92 Å². The lowest BCUT2D eigenvalue weighted by Gasteiger charge is -2.29. The molecule has 0 aromatic heterocycles. The zero-order valence-electron chi connectivity index (χ0n) is 15.2. The van der Waals surface area contributed by atoms with Crippen LogP contribution in [0, 0.1) is 5.92 Å². The Kier molecular flexibility index (Phi) is 5.84. The SMILES string of the molecule is C/C(CC(c1ccccc1)C1C(=O)Oc2ccccc2C1=O)=N\OCC(=O)O. The number of nitrogens with zero attached hydrogens (tertiary/aromatic N) is 1. The summed E-state index contributed by atoms with van der Waals surface area (Å²) in [4.78, 5) is 41.1. The van der Waals surface area contributed by atoms with Gasteiger partial charge in [0.2, 0.25) is 6.61 Å². The minimum atomic E-state index is -1.14. The Labute approximate surface area is 161 Å². The van der Waals surface area contributed by atoms with Gasteiger partial charge in [-0.3, -0.25) is 9.59 Å². The monoisotopic (exact) mass is 381 g/mol. The maximum atomic E-state index is 13.1. The molecule has 0 saturated heterocycles. The van der Waals surface area contributed by atoms with Crippen LogP contribution in [0.3, 0.4) is 0 Å². The number of ether oxygens (including phenoxy) is 1. The number of Topliss-reactive ketones (excluding diaryl/α,β-unsaturated/α-hetero) is 1. The molecule has 1 N–H and O–H groups in total. The maximum absolute atomic E-state index is 13.1. The molecule has 1 aliphatic heterocycles. The van der Waals surface area contributed by atoms with Crippen molar-refractivity contribution in [2.75, 3.05) is 6.61 Å². The molecule has 2 aromatic rings. The number of aliphatic carboxylic acids is 1. The Morgan fingerprint density at radius 1 is 1.14 bits per heavy atom. The fraction of sp³-hybridized carbons (Fsp3) is 0.238. The highest BCUT2D eigenvalue weighted by Crippen LogP contribution is 2.37. The number of oxime groups is 1. The van der Waals surface area contributed by atoms with Gasteiger partial charge >= 0.3 is 11.9 Å². The molecule has 7 nitrogen and oxygen atoms in total. The number of ketones is 1. The quantitative estimate of drug-likeness (QED) is 0.260. The van der Waals surface area contributed by atoms with Crippen LogP contribution in [-0.4, -0.2) is 35.1 Å². The third kappa shape index (κ3) is 4.25. The first-order valence-corrected chi connectivity index (χ1v) is 8.74. The van der Waals surface area contributed by atoms with E-state index in [0.717, 1.165) is 5.56 Å². The second kappa shape index (κ2) is 8.47. The molecule has 0 spiro atoms. The van der Waals surface area contributed by atoms with E-state index in [1.54, 1.807) is 31.2 Å². The van der Waals surface area contributed by atoms with Crippen LogP contribution in [0.1, 0.15) is 35.2 Å². The second-order valence-corrected chi connectivity index (χ2v) is 6.47. The predicted molar refractivity (Wildman–Crippen MR) is 100 cm³/mol. The second-order valence-electron chi connectivity index (χ2n) is 6.47. The van der Waals surface area contributed by atoms with Crippen molar-refractivity contribution in [2.24, 2.45) is 11.1 Å². The summed E-state index contributed by atoms with van der Waals surface area (Å²) in [6.45, 7) is 1.09. The van der Waals surface area contributed by atoms with Gasteiger partial charge in [-0.05, 0) is 31.0 Å². The van der Waals surface area contributed by atoms with E-state index in [4.69, 9.17) is 14.7 Å². The Morgan fingerprint density at radius 3 is 2.54 bits per heavy atom. The average molecular weight is 381 g/mol. The van der Waals surface area contributed by atoms with Crippen molar-refractivity contribution in [3.63, 3.8) is 0 Å². The molecule has 2 unspecified atom stereocenters. The van der Waals surface area contributed by atoms with E-state index in [9.17, 15) is 14.4 Å². The van der Waals surface area contributed by atoms with E-state index in [2.05, 4.69) is 5.16 Å². The number of hydrogen-bond acceptors (Lipinski definition) is 6. The van der Waals surface area contributed by atoms with Crippen molar-refractivity contribution in [1.82, 2.24) is 0 Å². The van der Waals surface area contributed by atoms with Crippen molar-refractivity contribution in [3.05, 3.63) is 65.7 Å². The van der Waals surface area contributed by atoms with Gasteiger partial charge in [0.15, 0.2) is 5.78 Å². The van der Waals surface area contributed by atoms with Gasteiger partial charge in [0.25, 0.3) is 0 Å². The van der Waals surface area contributed by atoms with Crippen molar-refractivity contribution in [1.29, 1.82) is 0 Å². The number of carboxylic acids is 1. The first kappa shape index (κ1) is 19.3. The van der Waals surface area contributed by atoms with Crippen LogP contribution in [0.5, 0.6) is 5.75 Å². The molecule has 28 heavy (non-hydrogen) atoms. The molecule has 7 heteroatoms. The first-order valence-electron chi connectivity index (χ1n) is 8.74. The minimum Gasteiger partial charge on any atom is -0.479 e. The normalized spacial score (nSPS) is 17.5. The van der Waals surface area contributed by atoms with Crippen molar-refractivity contribution in [3.8, 4) is 5.75 Å². The lowest BCUT2D eigenvalue weighted by atomic mass is 9.77. The van der Waals surface area contributed by atoms with E-state index >= 15 is 0 Å². The molecule has 0 saturated carbocycles. The maximum Gasteiger partial charge on any atom is 0.344 e. The fourth-order valence-electron chi connectivity index (χ4n) is 3.23. The van der Waals surface area contributed by atoms with E-state index in [-0.39, 0.29) is 18.0 Å². The molecule has 144 valence electrons. The zero-order chi connectivity index (χ0) is 20.1. The van der Waals surface area contributed by atoms with Crippen molar-refractivity contribution >= 4 is 23.4 Å². The number of carbonyl (C=O) groups is 3. The molecule has 2 aromatic carbocycles. The summed E-state index contributed by atoms with van der Waals surface area (Å²) >= 11 is 0. The number of rotatable bonds is 7. The van der Waals surface area contributed by atoms with Gasteiger partial charge in [-0.25, -0.2) is 4.79 Å². The summed E-state index contributed by atoms with van der Waals surface area (Å²) in [6, 6.07) is 15.8. The van der Waals surface area contributed by atoms with Crippen LogP contribution in [0.15, 0.2) is 59.8 Å². The predicted octanol–water partition coefficient (Wildman–Crippen LogP) is 3.06. The van der Waals surface area contributed by atoms with Gasteiger partial charge in [0.05, 0.1) is 11.3 Å². The highest BCUT2D eigenvalue weighted by atomic mass is 16.6. The first-order chi connectivity index (χ1) is 13.5. The van der Waals surface area contributed by atoms with Crippen LogP contribution in [-0.2, 0) is 14.4 Å². The summed E-state index contributed by atoms with van der Waals surface area (Å²) in [6.07, 6.45) is 0.233. The topological polar surface area (TPSA) is 102 Å². The van der Waals surface area contributed by atoms with Crippen LogP contribution >= 0.6 is 0 Å². The molecule has 0 aliphatic carbocycles. The van der Waals surface area contributed by atoms with Crippen molar-refractivity contribution in [2.45, 2.75) is 19.3 Å². The average Bonchev–Trinajstić information content (AvgIpc) is 2.67. The Bertz CT molecular complexity index is 922. The molecule has 0 bridgehead atoms. The smallest absolute Gasteiger partial charge is 0.344 e. The van der Waals surface area contributed by atoms with E-state index in [1.807, 2.05) is 30.3 Å². The summed E-state index contributed by atoms with van der Waals surface area (Å²) in [7, 11) is 0. The summed E-state index contributed by atoms with van der Waals surface area (Å²) < 4.78 is 5.40. The van der Waals surface area contributed by atoms with Crippen LogP contribution in [0.25, 0.3) is 0 Å². The number of esters is 1. The standard InChI is InChI=1S/C21H19NO6/c1-13(22-27-12-18(23)24)11-16(14-7-3-2-4-8-14)19-20(25)15-9-5-6-10-17(15)28-21(19)26/h2-10,16,19H,11-12H2,1H3,(H,23,24)/b22-13+. The Balaban J connectivity index is 1.92. The third-order valence-corrected chi connectivity index (χ3v) is 4.45. The molecule has 1 heterocycles. The van der Waals surface area contributed by atoms with E-state index < -0.39 is 30.4 Å². The minimum absolute atomic E-state index is 0.233. The lowest BCUT2D eigenvalue weighted by molar-refractivity contribution is -0.142. The highest BCUT2D eigenvalue weighted by molar-refractivity contribution is 6.14. The molecule has 0 fully saturated rings. The van der Waals surface area contributed by atoms with Crippen molar-refractivity contribution < 1.29 is 29.1 Å². The third-order valence-electron chi connectivity index (χ3n) is 4.45. The number of benzene rings is 2. The molecule has 0 amide bonds. The van der Waals surface area contributed by atoms with Gasteiger partial charge in [-0.2, -0.15) is 0 Å². The Morgan fingerprint density at radius 2 is 1.82 bits per heavy atom. The number of para-hydroxylation sites is 1. The molecular formula is C21H19NO6. The highest BCUT2D eigenvalue weighted by Gasteiger charge is 2.42. The molecule has 2 atom stereocenters. The van der Waals surface area contributed by atoms with Crippen LogP contribution < -0.4 is 4.74 Å². The van der Waals surface area contributed by atoms with Gasteiger partial charge in [-0.1, -0.05) is 47.6 Å². The molecule has 1 aliphatic rings. The van der Waals surface area contributed by atoms with Gasteiger partial charge in [-0.15, -0.1) is 0 Å². The summed E-state index contributed by atoms with van der Waals surface area (Å²) in [5.41, 5.74) is 1.62. The molecular weight excluding hydrogens is 362 g/mol. The summed E-state index contributed by atoms with van der Waals surface area (Å²) in [5, 5.41) is 12.4. The van der Waals surface area contributed by atoms with E-state index in [0.29, 0.717) is 11.3 Å². The summed E-state index contributed by atoms with van der Waals surface area (Å²) in [5.74, 6) is -3.35. The van der Waals surface area contributed by atoms with Gasteiger partial charge < -0.3 is 14.7 Å². The number of carbonyl (C=O) groups excluding carboxylic acids is 2. The fourth-order valence-corrected chi connectivity index (χ4v) is 3.23. The largest absolute Gasteiger partial charge is 0.479 e. The number of carboxylic acid groups (broad SMARTS) is 1. The molecule has 3 rings (SSSR count).